The van der Waals surface area contributed by atoms with Crippen molar-refractivity contribution in [2.75, 3.05) is 26.8 Å². The van der Waals surface area contributed by atoms with Gasteiger partial charge in [0.25, 0.3) is 0 Å². The van der Waals surface area contributed by atoms with Crippen molar-refractivity contribution in [2.24, 2.45) is 0 Å². The summed E-state index contributed by atoms with van der Waals surface area (Å²) in [5.74, 6) is -3.37. The zero-order chi connectivity index (χ0) is 23.0. The molecule has 0 unspecified atom stereocenters. The van der Waals surface area contributed by atoms with Gasteiger partial charge in [-0.1, -0.05) is 12.1 Å². The molecule has 0 saturated carbocycles. The van der Waals surface area contributed by atoms with Crippen molar-refractivity contribution in [1.82, 2.24) is 9.88 Å². The van der Waals surface area contributed by atoms with Crippen LogP contribution in [0.5, 0.6) is 0 Å². The molecule has 0 spiro atoms. The van der Waals surface area contributed by atoms with E-state index in [-0.39, 0.29) is 24.2 Å². The number of carboxylic acids is 1. The minimum absolute atomic E-state index is 0.222. The maximum Gasteiger partial charge on any atom is 0.409 e. The number of aromatic nitrogens is 1. The predicted molar refractivity (Wildman–Crippen MR) is 113 cm³/mol. The van der Waals surface area contributed by atoms with Gasteiger partial charge >= 0.3 is 12.1 Å². The Labute approximate surface area is 182 Å². The van der Waals surface area contributed by atoms with Gasteiger partial charge in [0.05, 0.1) is 43.2 Å². The van der Waals surface area contributed by atoms with E-state index in [1.54, 1.807) is 6.07 Å². The highest BCUT2D eigenvalue weighted by atomic mass is 19.1. The maximum atomic E-state index is 14.9. The van der Waals surface area contributed by atoms with Gasteiger partial charge in [-0.3, -0.25) is 0 Å². The number of halogens is 2. The zero-order valence-electron chi connectivity index (χ0n) is 17.6. The standard InChI is InChI=1S/C23H22F2N2O5/c1-12-4-3-5-18-19(12)15(10-14-11-27(6-7-32-14)23(30)31-2)21(26-18)20-16(24)8-13(22(28)29)9-17(20)25/h3-5,8-9,14,26H,6-7,10-11H2,1-2H3,(H,28,29)/t14-/m0/s1. The van der Waals surface area contributed by atoms with Crippen LogP contribution in [0.4, 0.5) is 13.6 Å². The number of nitrogens with zero attached hydrogens (tertiary/aromatic N) is 1. The molecule has 1 aromatic heterocycles. The van der Waals surface area contributed by atoms with Crippen molar-refractivity contribution in [2.45, 2.75) is 19.4 Å². The van der Waals surface area contributed by atoms with Gasteiger partial charge in [-0.05, 0) is 36.2 Å². The van der Waals surface area contributed by atoms with Crippen LogP contribution < -0.4 is 0 Å². The fourth-order valence-electron chi connectivity index (χ4n) is 4.23. The second-order valence-electron chi connectivity index (χ2n) is 7.71. The number of nitrogens with one attached hydrogen (secondary N) is 1. The average molecular weight is 444 g/mol. The number of H-pyrrole nitrogens is 1. The van der Waals surface area contributed by atoms with E-state index in [1.165, 1.54) is 12.0 Å². The van der Waals surface area contributed by atoms with E-state index in [1.807, 2.05) is 19.1 Å². The molecule has 1 saturated heterocycles. The number of ether oxygens (including phenoxy) is 2. The minimum Gasteiger partial charge on any atom is -0.478 e. The lowest BCUT2D eigenvalue weighted by Gasteiger charge is -2.32. The van der Waals surface area contributed by atoms with E-state index in [9.17, 15) is 18.4 Å². The number of morpholine rings is 1. The third-order valence-electron chi connectivity index (χ3n) is 5.68. The van der Waals surface area contributed by atoms with Crippen molar-refractivity contribution < 1.29 is 33.0 Å². The largest absolute Gasteiger partial charge is 0.478 e. The summed E-state index contributed by atoms with van der Waals surface area (Å²) in [4.78, 5) is 27.7. The number of carboxylic acid groups (broad SMARTS) is 1. The Morgan fingerprint density at radius 1 is 1.28 bits per heavy atom. The molecule has 1 aliphatic rings. The quantitative estimate of drug-likeness (QED) is 0.631. The third kappa shape index (κ3) is 3.91. The second kappa shape index (κ2) is 8.58. The first-order chi connectivity index (χ1) is 15.3. The molecule has 4 rings (SSSR count). The van der Waals surface area contributed by atoms with Crippen molar-refractivity contribution >= 4 is 23.0 Å². The Balaban J connectivity index is 1.82. The van der Waals surface area contributed by atoms with Crippen LogP contribution >= 0.6 is 0 Å². The van der Waals surface area contributed by atoms with Crippen molar-refractivity contribution in [3.8, 4) is 11.3 Å². The smallest absolute Gasteiger partial charge is 0.409 e. The van der Waals surface area contributed by atoms with Crippen LogP contribution in [0.2, 0.25) is 0 Å². The first-order valence-electron chi connectivity index (χ1n) is 10.1. The van der Waals surface area contributed by atoms with Crippen LogP contribution in [0, 0.1) is 18.6 Å². The molecule has 2 N–H and O–H groups in total. The molecule has 1 amide bonds. The second-order valence-corrected chi connectivity index (χ2v) is 7.71. The summed E-state index contributed by atoms with van der Waals surface area (Å²) < 4.78 is 40.5. The molecule has 1 atom stereocenters. The van der Waals surface area contributed by atoms with Crippen LogP contribution in [0.1, 0.15) is 21.5 Å². The number of rotatable bonds is 4. The molecular formula is C23H22F2N2O5. The molecule has 2 aromatic carbocycles. The number of aromatic carboxylic acids is 1. The Kier molecular flexibility index (Phi) is 5.84. The molecule has 2 heterocycles. The molecule has 9 heteroatoms. The van der Waals surface area contributed by atoms with Crippen LogP contribution in [0.25, 0.3) is 22.2 Å². The number of aryl methyl sites for hydroxylation is 1. The highest BCUT2D eigenvalue weighted by molar-refractivity contribution is 5.94. The minimum atomic E-state index is -1.42. The SMILES string of the molecule is COC(=O)N1CCO[C@@H](Cc2c(-c3c(F)cc(C(=O)O)cc3F)[nH]c3cccc(C)c23)C1. The summed E-state index contributed by atoms with van der Waals surface area (Å²) >= 11 is 0. The summed E-state index contributed by atoms with van der Waals surface area (Å²) in [6, 6.07) is 7.14. The van der Waals surface area contributed by atoms with Gasteiger partial charge in [-0.25, -0.2) is 18.4 Å². The third-order valence-corrected chi connectivity index (χ3v) is 5.68. The van der Waals surface area contributed by atoms with Gasteiger partial charge in [0.15, 0.2) is 0 Å². The Hall–Kier alpha value is -3.46. The van der Waals surface area contributed by atoms with E-state index in [0.717, 1.165) is 23.1 Å². The molecule has 0 bridgehead atoms. The maximum absolute atomic E-state index is 14.9. The lowest BCUT2D eigenvalue weighted by atomic mass is 9.96. The number of fused-ring (bicyclic) bond motifs is 1. The molecule has 32 heavy (non-hydrogen) atoms. The van der Waals surface area contributed by atoms with E-state index >= 15 is 0 Å². The van der Waals surface area contributed by atoms with Gasteiger partial charge in [0.1, 0.15) is 11.6 Å². The van der Waals surface area contributed by atoms with Crippen LogP contribution in [0.15, 0.2) is 30.3 Å². The average Bonchev–Trinajstić information content (AvgIpc) is 3.11. The number of benzene rings is 2. The zero-order valence-corrected chi connectivity index (χ0v) is 17.6. The lowest BCUT2D eigenvalue weighted by Crippen LogP contribution is -2.46. The molecule has 1 aliphatic heterocycles. The number of carbonyl (C=O) groups is 2. The Morgan fingerprint density at radius 2 is 2.00 bits per heavy atom. The topological polar surface area (TPSA) is 91.9 Å². The van der Waals surface area contributed by atoms with Crippen LogP contribution in [-0.4, -0.2) is 60.0 Å². The lowest BCUT2D eigenvalue weighted by molar-refractivity contribution is -0.0235. The molecule has 168 valence electrons. The van der Waals surface area contributed by atoms with Gasteiger partial charge in [-0.2, -0.15) is 0 Å². The highest BCUT2D eigenvalue weighted by Gasteiger charge is 2.29. The van der Waals surface area contributed by atoms with E-state index in [2.05, 4.69) is 4.98 Å². The number of hydrogen-bond donors (Lipinski definition) is 2. The molecule has 0 aliphatic carbocycles. The van der Waals surface area contributed by atoms with Gasteiger partial charge in [0, 0.05) is 23.9 Å². The molecule has 0 radical (unpaired) electrons. The van der Waals surface area contributed by atoms with Crippen molar-refractivity contribution in [3.05, 3.63) is 58.7 Å². The first-order valence-corrected chi connectivity index (χ1v) is 10.1. The van der Waals surface area contributed by atoms with Crippen molar-refractivity contribution in [1.29, 1.82) is 0 Å². The summed E-state index contributed by atoms with van der Waals surface area (Å²) in [6.45, 7) is 2.87. The number of methoxy groups -OCH3 is 1. The molecule has 1 fully saturated rings. The molecular weight excluding hydrogens is 422 g/mol. The van der Waals surface area contributed by atoms with Gasteiger partial charge in [0.2, 0.25) is 0 Å². The van der Waals surface area contributed by atoms with E-state index in [4.69, 9.17) is 14.6 Å². The summed E-state index contributed by atoms with van der Waals surface area (Å²) in [5, 5.41) is 9.91. The summed E-state index contributed by atoms with van der Waals surface area (Å²) in [5.41, 5.74) is 1.65. The number of amides is 1. The van der Waals surface area contributed by atoms with Crippen LogP contribution in [0.3, 0.4) is 0 Å². The fraction of sp³-hybridized carbons (Fsp3) is 0.304. The van der Waals surface area contributed by atoms with Crippen LogP contribution in [-0.2, 0) is 15.9 Å². The number of hydrogen-bond acceptors (Lipinski definition) is 4. The van der Waals surface area contributed by atoms with E-state index < -0.39 is 35.4 Å². The Bertz CT molecular complexity index is 1180. The highest BCUT2D eigenvalue weighted by Crippen LogP contribution is 2.37. The Morgan fingerprint density at radius 3 is 2.66 bits per heavy atom. The van der Waals surface area contributed by atoms with Gasteiger partial charge in [-0.15, -0.1) is 0 Å². The predicted octanol–water partition coefficient (Wildman–Crippen LogP) is 4.13. The fourth-order valence-corrected chi connectivity index (χ4v) is 4.23. The van der Waals surface area contributed by atoms with Gasteiger partial charge < -0.3 is 24.5 Å². The number of carbonyl (C=O) groups excluding carboxylic acids is 1. The van der Waals surface area contributed by atoms with Crippen molar-refractivity contribution in [3.63, 3.8) is 0 Å². The molecule has 7 nitrogen and oxygen atoms in total. The monoisotopic (exact) mass is 444 g/mol. The normalized spacial score (nSPS) is 16.4. The van der Waals surface area contributed by atoms with E-state index in [0.29, 0.717) is 24.2 Å². The molecule has 3 aromatic rings. The first kappa shape index (κ1) is 21.8. The summed E-state index contributed by atoms with van der Waals surface area (Å²) in [6.07, 6.45) is -0.590. The number of aromatic amines is 1. The summed E-state index contributed by atoms with van der Waals surface area (Å²) in [7, 11) is 1.31.